The fourth-order valence-corrected chi connectivity index (χ4v) is 9.17. The van der Waals surface area contributed by atoms with Gasteiger partial charge in [0.2, 0.25) is 11.8 Å². The Kier molecular flexibility index (Phi) is 8.36. The zero-order chi connectivity index (χ0) is 37.6. The van der Waals surface area contributed by atoms with Gasteiger partial charge in [-0.1, -0.05) is 70.7 Å². The Morgan fingerprint density at radius 2 is 1.53 bits per heavy atom. The van der Waals surface area contributed by atoms with Crippen LogP contribution in [0.3, 0.4) is 0 Å². The van der Waals surface area contributed by atoms with Crippen LogP contribution in [0.5, 0.6) is 5.75 Å². The number of halogens is 6. The van der Waals surface area contributed by atoms with Gasteiger partial charge in [0.15, 0.2) is 5.82 Å². The molecule has 2 aliphatic carbocycles. The molecule has 0 bridgehead atoms. The molecule has 270 valence electrons. The van der Waals surface area contributed by atoms with Crippen LogP contribution in [0, 0.1) is 23.7 Å². The van der Waals surface area contributed by atoms with E-state index in [9.17, 15) is 32.7 Å². The number of benzene rings is 3. The number of nitrogens with one attached hydrogen (secondary N) is 1. The zero-order valence-electron chi connectivity index (χ0n) is 27.2. The largest absolute Gasteiger partial charge is 0.508 e. The molecule has 8 rings (SSSR count). The number of nitrogens with zero attached hydrogens (tertiary/aromatic N) is 3. The molecule has 9 nitrogen and oxygen atoms in total. The van der Waals surface area contributed by atoms with Gasteiger partial charge >= 0.3 is 6.18 Å². The second kappa shape index (κ2) is 12.6. The normalized spacial score (nSPS) is 26.7. The first-order valence-electron chi connectivity index (χ1n) is 16.5. The summed E-state index contributed by atoms with van der Waals surface area (Å²) in [6, 6.07) is 19.6. The SMILES string of the molecule is O=C1C2CC3C(=CCC4C(=O)N(c5ccc(Cl)cc5)C(=O)C43)C(c3cccc(O)c3)C2(c2ccc(Cl)cc2)C(=O)N1Nc1ncc(C(F)(F)F)cc1Cl. The number of rotatable bonds is 5. The van der Waals surface area contributed by atoms with Crippen LogP contribution in [0.1, 0.15) is 35.4 Å². The van der Waals surface area contributed by atoms with Crippen molar-refractivity contribution in [2.45, 2.75) is 30.4 Å². The van der Waals surface area contributed by atoms with E-state index in [1.165, 1.54) is 12.1 Å². The zero-order valence-corrected chi connectivity index (χ0v) is 29.4. The molecule has 4 amide bonds. The number of pyridine rings is 1. The Hall–Kier alpha value is -4.91. The first-order valence-corrected chi connectivity index (χ1v) is 17.6. The van der Waals surface area contributed by atoms with Crippen LogP contribution in [-0.4, -0.2) is 38.7 Å². The lowest BCUT2D eigenvalue weighted by Crippen LogP contribution is -2.53. The average molecular weight is 782 g/mol. The van der Waals surface area contributed by atoms with E-state index in [2.05, 4.69) is 10.4 Å². The van der Waals surface area contributed by atoms with Crippen molar-refractivity contribution in [3.05, 3.63) is 128 Å². The van der Waals surface area contributed by atoms with Crippen LogP contribution >= 0.6 is 34.8 Å². The molecule has 2 saturated heterocycles. The summed E-state index contributed by atoms with van der Waals surface area (Å²) in [7, 11) is 0. The van der Waals surface area contributed by atoms with Gasteiger partial charge in [0, 0.05) is 22.2 Å². The van der Waals surface area contributed by atoms with Crippen LogP contribution in [0.15, 0.2) is 96.7 Å². The average Bonchev–Trinajstić information content (AvgIpc) is 3.50. The Morgan fingerprint density at radius 1 is 0.849 bits per heavy atom. The summed E-state index contributed by atoms with van der Waals surface area (Å²) in [5, 5.41) is 11.7. The summed E-state index contributed by atoms with van der Waals surface area (Å²) < 4.78 is 40.3. The quantitative estimate of drug-likeness (QED) is 0.156. The van der Waals surface area contributed by atoms with Crippen molar-refractivity contribution >= 4 is 69.9 Å². The van der Waals surface area contributed by atoms with E-state index in [0.717, 1.165) is 4.90 Å². The van der Waals surface area contributed by atoms with Crippen LogP contribution in [-0.2, 0) is 30.8 Å². The van der Waals surface area contributed by atoms with Gasteiger partial charge in [0.25, 0.3) is 11.8 Å². The minimum atomic E-state index is -4.75. The number of hydrogen-bond donors (Lipinski definition) is 2. The van der Waals surface area contributed by atoms with Crippen molar-refractivity contribution in [1.82, 2.24) is 9.99 Å². The third-order valence-corrected chi connectivity index (χ3v) is 11.6. The minimum Gasteiger partial charge on any atom is -0.508 e. The molecule has 3 fully saturated rings. The van der Waals surface area contributed by atoms with Gasteiger partial charge in [-0.05, 0) is 84.5 Å². The van der Waals surface area contributed by atoms with Crippen LogP contribution in [0.4, 0.5) is 24.7 Å². The summed E-state index contributed by atoms with van der Waals surface area (Å²) in [5.74, 6) is -7.36. The molecule has 6 unspecified atom stereocenters. The Labute approximate surface area is 314 Å². The maximum Gasteiger partial charge on any atom is 0.417 e. The van der Waals surface area contributed by atoms with Crippen molar-refractivity contribution in [2.75, 3.05) is 10.3 Å². The first-order chi connectivity index (χ1) is 25.2. The Morgan fingerprint density at radius 3 is 2.17 bits per heavy atom. The van der Waals surface area contributed by atoms with Crippen molar-refractivity contribution in [3.63, 3.8) is 0 Å². The van der Waals surface area contributed by atoms with E-state index in [4.69, 9.17) is 34.8 Å². The van der Waals surface area contributed by atoms with E-state index < -0.39 is 75.4 Å². The van der Waals surface area contributed by atoms with Gasteiger partial charge in [-0.2, -0.15) is 18.2 Å². The lowest BCUT2D eigenvalue weighted by molar-refractivity contribution is -0.139. The van der Waals surface area contributed by atoms with Gasteiger partial charge in [-0.25, -0.2) is 4.98 Å². The van der Waals surface area contributed by atoms with Gasteiger partial charge in [0.1, 0.15) is 5.75 Å². The highest BCUT2D eigenvalue weighted by Gasteiger charge is 2.70. The predicted molar refractivity (Wildman–Crippen MR) is 189 cm³/mol. The number of phenols is 1. The summed E-state index contributed by atoms with van der Waals surface area (Å²) in [4.78, 5) is 63.1. The third-order valence-electron chi connectivity index (χ3n) is 10.8. The molecule has 2 N–H and O–H groups in total. The highest BCUT2D eigenvalue weighted by Crippen LogP contribution is 2.64. The minimum absolute atomic E-state index is 0.0463. The lowest BCUT2D eigenvalue weighted by Gasteiger charge is -2.50. The molecule has 3 heterocycles. The number of carbonyl (C=O) groups excluding carboxylic acids is 4. The van der Waals surface area contributed by atoms with Crippen molar-refractivity contribution < 1.29 is 37.5 Å². The molecule has 15 heteroatoms. The fourth-order valence-electron chi connectivity index (χ4n) is 8.71. The van der Waals surface area contributed by atoms with E-state index in [1.807, 2.05) is 6.08 Å². The van der Waals surface area contributed by atoms with Crippen molar-refractivity contribution in [1.29, 1.82) is 0 Å². The number of alkyl halides is 3. The Balaban J connectivity index is 1.30. The maximum absolute atomic E-state index is 15.2. The summed E-state index contributed by atoms with van der Waals surface area (Å²) in [6.45, 7) is 0. The molecule has 1 saturated carbocycles. The number of imide groups is 2. The number of aromatic hydroxyl groups is 1. The number of phenolic OH excluding ortho intramolecular Hbond substituents is 1. The number of hydrazine groups is 1. The molecule has 0 spiro atoms. The van der Waals surface area contributed by atoms with E-state index in [1.54, 1.807) is 60.7 Å². The molecule has 4 aliphatic rings. The van der Waals surface area contributed by atoms with Gasteiger partial charge in [-0.3, -0.25) is 29.5 Å². The monoisotopic (exact) mass is 780 g/mol. The molecular weight excluding hydrogens is 756 g/mol. The van der Waals surface area contributed by atoms with Crippen LogP contribution in [0.2, 0.25) is 15.1 Å². The summed E-state index contributed by atoms with van der Waals surface area (Å²) in [5.41, 5.74) is 1.58. The number of hydrogen-bond acceptors (Lipinski definition) is 7. The second-order valence-corrected chi connectivity index (χ2v) is 14.8. The Bertz CT molecular complexity index is 2250. The van der Waals surface area contributed by atoms with E-state index in [0.29, 0.717) is 49.7 Å². The third kappa shape index (κ3) is 5.41. The number of anilines is 2. The topological polar surface area (TPSA) is 120 Å². The smallest absolute Gasteiger partial charge is 0.417 e. The molecule has 0 radical (unpaired) electrons. The highest BCUT2D eigenvalue weighted by molar-refractivity contribution is 6.33. The summed E-state index contributed by atoms with van der Waals surface area (Å²) >= 11 is 18.6. The molecule has 3 aromatic carbocycles. The van der Waals surface area contributed by atoms with Gasteiger partial charge in [0.05, 0.1) is 39.4 Å². The fraction of sp³-hybridized carbons (Fsp3) is 0.237. The molecular formula is C38H26Cl3F3N4O5. The van der Waals surface area contributed by atoms with Crippen molar-refractivity contribution in [3.8, 4) is 5.75 Å². The van der Waals surface area contributed by atoms with Crippen LogP contribution in [0.25, 0.3) is 0 Å². The highest BCUT2D eigenvalue weighted by atomic mass is 35.5. The number of aromatic nitrogens is 1. The summed E-state index contributed by atoms with van der Waals surface area (Å²) in [6.07, 6.45) is -2.24. The molecule has 53 heavy (non-hydrogen) atoms. The molecule has 6 atom stereocenters. The lowest BCUT2D eigenvalue weighted by atomic mass is 9.49. The molecule has 4 aromatic rings. The van der Waals surface area contributed by atoms with Crippen LogP contribution < -0.4 is 10.3 Å². The van der Waals surface area contributed by atoms with Gasteiger partial charge in [-0.15, -0.1) is 0 Å². The standard InChI is InChI=1S/C38H26Cl3F3N4O5/c39-21-6-4-19(5-7-21)37-28(34(51)48(36(37)53)46-32-29(41)15-20(17-45-32)38(42,43)44)16-27-25(31(37)18-2-1-3-24(49)14-18)12-13-26-30(27)35(52)47(33(26)50)23-10-8-22(40)9-11-23/h1-12,14-15,17,26-28,30-31,49H,13,16H2,(H,45,46). The predicted octanol–water partition coefficient (Wildman–Crippen LogP) is 7.96. The number of fused-ring (bicyclic) bond motifs is 4. The second-order valence-electron chi connectivity index (χ2n) is 13.5. The number of carbonyl (C=O) groups is 4. The van der Waals surface area contributed by atoms with E-state index >= 15 is 4.79 Å². The van der Waals surface area contributed by atoms with E-state index in [-0.39, 0.29) is 24.4 Å². The van der Waals surface area contributed by atoms with Crippen molar-refractivity contribution in [2.24, 2.45) is 23.7 Å². The first kappa shape index (κ1) is 35.1. The molecule has 2 aliphatic heterocycles. The number of allylic oxidation sites excluding steroid dienone is 2. The number of amides is 4. The maximum atomic E-state index is 15.2. The van der Waals surface area contributed by atoms with Gasteiger partial charge < -0.3 is 5.11 Å². The molecule has 1 aromatic heterocycles.